The van der Waals surface area contributed by atoms with E-state index in [9.17, 15) is 14.7 Å². The van der Waals surface area contributed by atoms with Crippen LogP contribution in [0.2, 0.25) is 0 Å². The SMILES string of the molecule is CCCC(CC)C(=O)c1cccc(-c2ccc3c(C=O)c(O)ccc3c2)c1. The molecule has 1 N–H and O–H groups in total. The second-order valence-electron chi connectivity index (χ2n) is 6.89. The molecule has 0 fully saturated rings. The number of carbonyl (C=O) groups is 2. The van der Waals surface area contributed by atoms with Crippen molar-refractivity contribution in [3.8, 4) is 16.9 Å². The van der Waals surface area contributed by atoms with Gasteiger partial charge in [0, 0.05) is 11.5 Å². The molecular formula is C24H24O3. The molecule has 3 rings (SSSR count). The van der Waals surface area contributed by atoms with Gasteiger partial charge in [-0.05, 0) is 52.9 Å². The summed E-state index contributed by atoms with van der Waals surface area (Å²) in [6.45, 7) is 4.16. The molecule has 3 aromatic carbocycles. The van der Waals surface area contributed by atoms with Crippen molar-refractivity contribution in [2.24, 2.45) is 5.92 Å². The highest BCUT2D eigenvalue weighted by Crippen LogP contribution is 2.30. The average Bonchev–Trinajstić information content (AvgIpc) is 2.71. The van der Waals surface area contributed by atoms with Gasteiger partial charge in [-0.1, -0.05) is 56.7 Å². The second kappa shape index (κ2) is 8.17. The number of aldehydes is 1. The van der Waals surface area contributed by atoms with Crippen LogP contribution in [-0.4, -0.2) is 17.2 Å². The van der Waals surface area contributed by atoms with E-state index in [1.165, 1.54) is 6.07 Å². The normalized spacial score (nSPS) is 12.1. The summed E-state index contributed by atoms with van der Waals surface area (Å²) in [5.41, 5.74) is 2.98. The first-order valence-electron chi connectivity index (χ1n) is 9.44. The fourth-order valence-electron chi connectivity index (χ4n) is 3.60. The van der Waals surface area contributed by atoms with Crippen molar-refractivity contribution < 1.29 is 14.7 Å². The number of phenols is 1. The summed E-state index contributed by atoms with van der Waals surface area (Å²) in [4.78, 5) is 24.1. The first-order valence-corrected chi connectivity index (χ1v) is 9.44. The van der Waals surface area contributed by atoms with E-state index in [4.69, 9.17) is 0 Å². The summed E-state index contributed by atoms with van der Waals surface area (Å²) in [5.74, 6) is 0.259. The predicted molar refractivity (Wildman–Crippen MR) is 109 cm³/mol. The highest BCUT2D eigenvalue weighted by atomic mass is 16.3. The number of phenolic OH excluding ortho intramolecular Hbond substituents is 1. The number of fused-ring (bicyclic) bond motifs is 1. The first-order chi connectivity index (χ1) is 13.1. The number of rotatable bonds is 7. The third-order valence-electron chi connectivity index (χ3n) is 5.14. The Hall–Kier alpha value is -2.94. The van der Waals surface area contributed by atoms with Crippen LogP contribution in [0.1, 0.15) is 53.8 Å². The Kier molecular flexibility index (Phi) is 5.70. The summed E-state index contributed by atoms with van der Waals surface area (Å²) >= 11 is 0. The summed E-state index contributed by atoms with van der Waals surface area (Å²) in [6, 6.07) is 16.8. The predicted octanol–water partition coefficient (Wildman–Crippen LogP) is 6.03. The molecule has 138 valence electrons. The zero-order valence-corrected chi connectivity index (χ0v) is 15.7. The fourth-order valence-corrected chi connectivity index (χ4v) is 3.60. The van der Waals surface area contributed by atoms with Crippen molar-refractivity contribution in [3.63, 3.8) is 0 Å². The van der Waals surface area contributed by atoms with Crippen LogP contribution in [0.3, 0.4) is 0 Å². The molecule has 0 amide bonds. The van der Waals surface area contributed by atoms with Gasteiger partial charge in [0.25, 0.3) is 0 Å². The molecule has 0 radical (unpaired) electrons. The Morgan fingerprint density at radius 1 is 1.04 bits per heavy atom. The molecule has 3 nitrogen and oxygen atoms in total. The minimum absolute atomic E-state index is 0.0145. The lowest BCUT2D eigenvalue weighted by molar-refractivity contribution is 0.0909. The van der Waals surface area contributed by atoms with E-state index in [0.717, 1.165) is 46.7 Å². The zero-order valence-electron chi connectivity index (χ0n) is 15.7. The van der Waals surface area contributed by atoms with Crippen LogP contribution in [0.25, 0.3) is 21.9 Å². The van der Waals surface area contributed by atoms with Gasteiger partial charge >= 0.3 is 0 Å². The van der Waals surface area contributed by atoms with E-state index in [1.54, 1.807) is 6.07 Å². The Morgan fingerprint density at radius 2 is 1.81 bits per heavy atom. The Balaban J connectivity index is 2.01. The van der Waals surface area contributed by atoms with Crippen molar-refractivity contribution >= 4 is 22.8 Å². The third-order valence-corrected chi connectivity index (χ3v) is 5.14. The van der Waals surface area contributed by atoms with Crippen molar-refractivity contribution in [2.45, 2.75) is 33.1 Å². The molecule has 0 saturated carbocycles. The summed E-state index contributed by atoms with van der Waals surface area (Å²) in [7, 11) is 0. The second-order valence-corrected chi connectivity index (χ2v) is 6.89. The molecular weight excluding hydrogens is 336 g/mol. The van der Waals surface area contributed by atoms with E-state index in [0.29, 0.717) is 11.8 Å². The molecule has 0 saturated heterocycles. The zero-order chi connectivity index (χ0) is 19.4. The molecule has 1 unspecified atom stereocenters. The molecule has 3 aromatic rings. The number of hydrogen-bond donors (Lipinski definition) is 1. The van der Waals surface area contributed by atoms with Crippen LogP contribution in [0.4, 0.5) is 0 Å². The third kappa shape index (κ3) is 3.77. The standard InChI is InChI=1S/C24H24O3/c1-3-6-16(4-2)24(27)20-8-5-7-17(14-20)18-9-11-21-19(13-18)10-12-23(26)22(21)15-25/h5,7-16,26H,3-4,6H2,1-2H3. The topological polar surface area (TPSA) is 54.4 Å². The summed E-state index contributed by atoms with van der Waals surface area (Å²) in [5, 5.41) is 11.4. The molecule has 1 atom stereocenters. The number of hydrogen-bond acceptors (Lipinski definition) is 3. The molecule has 0 heterocycles. The van der Waals surface area contributed by atoms with Crippen LogP contribution in [0.15, 0.2) is 54.6 Å². The maximum absolute atomic E-state index is 12.8. The van der Waals surface area contributed by atoms with E-state index >= 15 is 0 Å². The van der Waals surface area contributed by atoms with Gasteiger partial charge in [-0.25, -0.2) is 0 Å². The van der Waals surface area contributed by atoms with Gasteiger partial charge in [0.05, 0.1) is 5.56 Å². The lowest BCUT2D eigenvalue weighted by Gasteiger charge is -2.13. The quantitative estimate of drug-likeness (QED) is 0.413. The molecule has 0 aliphatic heterocycles. The van der Waals surface area contributed by atoms with Crippen LogP contribution >= 0.6 is 0 Å². The molecule has 0 bridgehead atoms. The van der Waals surface area contributed by atoms with Gasteiger partial charge in [0.1, 0.15) is 5.75 Å². The molecule has 0 aromatic heterocycles. The van der Waals surface area contributed by atoms with Crippen molar-refractivity contribution in [1.29, 1.82) is 0 Å². The summed E-state index contributed by atoms with van der Waals surface area (Å²) in [6.07, 6.45) is 3.44. The van der Waals surface area contributed by atoms with Gasteiger partial charge in [-0.3, -0.25) is 9.59 Å². The molecule has 3 heteroatoms. The lowest BCUT2D eigenvalue weighted by atomic mass is 9.90. The Bertz CT molecular complexity index is 988. The van der Waals surface area contributed by atoms with Crippen molar-refractivity contribution in [2.75, 3.05) is 0 Å². The number of aromatic hydroxyl groups is 1. The molecule has 27 heavy (non-hydrogen) atoms. The minimum Gasteiger partial charge on any atom is -0.507 e. The van der Waals surface area contributed by atoms with E-state index in [-0.39, 0.29) is 17.5 Å². The number of carbonyl (C=O) groups excluding carboxylic acids is 2. The van der Waals surface area contributed by atoms with Crippen LogP contribution < -0.4 is 0 Å². The first kappa shape index (κ1) is 18.8. The summed E-state index contributed by atoms with van der Waals surface area (Å²) < 4.78 is 0. The molecule has 0 aliphatic rings. The van der Waals surface area contributed by atoms with Crippen LogP contribution in [0, 0.1) is 5.92 Å². The van der Waals surface area contributed by atoms with Crippen LogP contribution in [0.5, 0.6) is 5.75 Å². The van der Waals surface area contributed by atoms with Crippen molar-refractivity contribution in [1.82, 2.24) is 0 Å². The molecule has 0 aliphatic carbocycles. The largest absolute Gasteiger partial charge is 0.507 e. The molecule has 0 spiro atoms. The van der Waals surface area contributed by atoms with E-state index in [2.05, 4.69) is 13.8 Å². The number of benzene rings is 3. The maximum Gasteiger partial charge on any atom is 0.165 e. The fraction of sp³-hybridized carbons (Fsp3) is 0.250. The average molecular weight is 360 g/mol. The minimum atomic E-state index is -0.0145. The maximum atomic E-state index is 12.8. The van der Waals surface area contributed by atoms with E-state index < -0.39 is 0 Å². The Labute approximate surface area is 159 Å². The monoisotopic (exact) mass is 360 g/mol. The number of ketones is 1. The van der Waals surface area contributed by atoms with Gasteiger partial charge in [-0.2, -0.15) is 0 Å². The highest BCUT2D eigenvalue weighted by Gasteiger charge is 2.18. The smallest absolute Gasteiger partial charge is 0.165 e. The Morgan fingerprint density at radius 3 is 2.52 bits per heavy atom. The lowest BCUT2D eigenvalue weighted by Crippen LogP contribution is -2.13. The van der Waals surface area contributed by atoms with Crippen LogP contribution in [-0.2, 0) is 0 Å². The van der Waals surface area contributed by atoms with Gasteiger partial charge in [0.15, 0.2) is 12.1 Å². The van der Waals surface area contributed by atoms with Crippen molar-refractivity contribution in [3.05, 3.63) is 65.7 Å². The van der Waals surface area contributed by atoms with E-state index in [1.807, 2.05) is 42.5 Å². The van der Waals surface area contributed by atoms with Gasteiger partial charge in [0.2, 0.25) is 0 Å². The van der Waals surface area contributed by atoms with Gasteiger partial charge in [-0.15, -0.1) is 0 Å². The number of Topliss-reactive ketones (excluding diaryl/α,β-unsaturated/α-hetero) is 1. The highest BCUT2D eigenvalue weighted by molar-refractivity contribution is 6.02. The van der Waals surface area contributed by atoms with Gasteiger partial charge < -0.3 is 5.11 Å².